The maximum Gasteiger partial charge on any atom is 0.159 e. The normalized spacial score (nSPS) is 12.8. The molecule has 18 heavy (non-hydrogen) atoms. The molecule has 0 bridgehead atoms. The summed E-state index contributed by atoms with van der Waals surface area (Å²) in [7, 11) is 1.89. The first-order valence-electron chi connectivity index (χ1n) is 6.41. The van der Waals surface area contributed by atoms with E-state index >= 15 is 0 Å². The number of rotatable bonds is 6. The topological polar surface area (TPSA) is 47.0 Å². The first-order chi connectivity index (χ1) is 8.54. The molecule has 1 unspecified atom stereocenters. The van der Waals surface area contributed by atoms with Crippen molar-refractivity contribution in [2.75, 3.05) is 19.0 Å². The molecule has 0 spiro atoms. The highest BCUT2D eigenvalue weighted by molar-refractivity contribution is 14.1. The van der Waals surface area contributed by atoms with Crippen molar-refractivity contribution in [3.05, 3.63) is 15.1 Å². The van der Waals surface area contributed by atoms with Crippen LogP contribution in [0.5, 0.6) is 0 Å². The van der Waals surface area contributed by atoms with Gasteiger partial charge in [-0.25, -0.2) is 9.97 Å². The van der Waals surface area contributed by atoms with Crippen molar-refractivity contribution in [3.63, 3.8) is 0 Å². The van der Waals surface area contributed by atoms with Crippen LogP contribution in [-0.2, 0) is 4.74 Å². The van der Waals surface area contributed by atoms with Crippen molar-refractivity contribution in [2.45, 2.75) is 46.1 Å². The highest BCUT2D eigenvalue weighted by atomic mass is 127. The maximum atomic E-state index is 5.70. The Labute approximate surface area is 123 Å². The minimum absolute atomic E-state index is 0.0170. The molecule has 0 aliphatic heterocycles. The van der Waals surface area contributed by atoms with E-state index < -0.39 is 0 Å². The van der Waals surface area contributed by atoms with Crippen LogP contribution in [0.1, 0.15) is 57.7 Å². The Bertz CT molecular complexity index is 396. The number of hydrogen-bond donors (Lipinski definition) is 1. The molecule has 0 radical (unpaired) electrons. The Kier molecular flexibility index (Phi) is 6.28. The predicted molar refractivity (Wildman–Crippen MR) is 83.0 cm³/mol. The smallest absolute Gasteiger partial charge is 0.159 e. The zero-order valence-corrected chi connectivity index (χ0v) is 13.9. The van der Waals surface area contributed by atoms with Crippen molar-refractivity contribution in [3.8, 4) is 0 Å². The number of aromatic nitrogens is 2. The zero-order valence-electron chi connectivity index (χ0n) is 11.7. The summed E-state index contributed by atoms with van der Waals surface area (Å²) in [5, 5.41) is 3.14. The molecule has 0 aromatic carbocycles. The van der Waals surface area contributed by atoms with Gasteiger partial charge in [-0.1, -0.05) is 20.8 Å². The molecule has 102 valence electrons. The lowest BCUT2D eigenvalue weighted by Crippen LogP contribution is -2.13. The number of anilines is 1. The average molecular weight is 363 g/mol. The van der Waals surface area contributed by atoms with Gasteiger partial charge in [-0.2, -0.15) is 0 Å². The van der Waals surface area contributed by atoms with Gasteiger partial charge in [-0.3, -0.25) is 0 Å². The van der Waals surface area contributed by atoms with E-state index in [0.29, 0.717) is 12.5 Å². The fraction of sp³-hybridized carbons (Fsp3) is 0.692. The molecule has 1 atom stereocenters. The van der Waals surface area contributed by atoms with Crippen LogP contribution >= 0.6 is 22.6 Å². The molecular formula is C13H22IN3O. The van der Waals surface area contributed by atoms with E-state index in [9.17, 15) is 0 Å². The van der Waals surface area contributed by atoms with Gasteiger partial charge in [-0.15, -0.1) is 0 Å². The molecular weight excluding hydrogens is 341 g/mol. The molecule has 5 heteroatoms. The van der Waals surface area contributed by atoms with Crippen LogP contribution in [0.3, 0.4) is 0 Å². The lowest BCUT2D eigenvalue weighted by molar-refractivity contribution is 0.0533. The summed E-state index contributed by atoms with van der Waals surface area (Å²) in [4.78, 5) is 9.26. The van der Waals surface area contributed by atoms with Crippen molar-refractivity contribution < 1.29 is 4.74 Å². The summed E-state index contributed by atoms with van der Waals surface area (Å²) in [6.45, 7) is 9.07. The highest BCUT2D eigenvalue weighted by Gasteiger charge is 2.19. The van der Waals surface area contributed by atoms with E-state index in [1.54, 1.807) is 0 Å². The van der Waals surface area contributed by atoms with Gasteiger partial charge in [0.05, 0.1) is 9.26 Å². The molecule has 0 aliphatic carbocycles. The van der Waals surface area contributed by atoms with Crippen LogP contribution in [0.4, 0.5) is 5.82 Å². The van der Waals surface area contributed by atoms with Gasteiger partial charge < -0.3 is 10.1 Å². The van der Waals surface area contributed by atoms with Crippen molar-refractivity contribution >= 4 is 28.4 Å². The van der Waals surface area contributed by atoms with Gasteiger partial charge in [0, 0.05) is 13.7 Å². The van der Waals surface area contributed by atoms with Gasteiger partial charge in [0.15, 0.2) is 5.82 Å². The largest absolute Gasteiger partial charge is 0.372 e. The lowest BCUT2D eigenvalue weighted by Gasteiger charge is -2.18. The molecule has 0 saturated carbocycles. The SMILES string of the molecule is CCOC(CC)c1nc(NC)c(I)c(C(C)C)n1. The third-order valence-corrected chi connectivity index (χ3v) is 3.77. The van der Waals surface area contributed by atoms with Crippen molar-refractivity contribution in [1.29, 1.82) is 0 Å². The van der Waals surface area contributed by atoms with E-state index in [2.05, 4.69) is 58.6 Å². The molecule has 1 aromatic heterocycles. The molecule has 1 heterocycles. The molecule has 0 fully saturated rings. The third-order valence-electron chi connectivity index (χ3n) is 2.70. The van der Waals surface area contributed by atoms with E-state index in [1.165, 1.54) is 0 Å². The fourth-order valence-corrected chi connectivity index (χ4v) is 2.88. The molecule has 1 rings (SSSR count). The Morgan fingerprint density at radius 2 is 1.94 bits per heavy atom. The second-order valence-corrected chi connectivity index (χ2v) is 5.47. The van der Waals surface area contributed by atoms with E-state index in [1.807, 2.05) is 14.0 Å². The molecule has 1 aromatic rings. The zero-order chi connectivity index (χ0) is 13.7. The number of nitrogens with one attached hydrogen (secondary N) is 1. The van der Waals surface area contributed by atoms with Crippen molar-refractivity contribution in [1.82, 2.24) is 9.97 Å². The number of halogens is 1. The highest BCUT2D eigenvalue weighted by Crippen LogP contribution is 2.28. The molecule has 0 saturated heterocycles. The standard InChI is InChI=1S/C13H22IN3O/c1-6-9(18-7-2)12-16-11(8(3)4)10(14)13(15-5)17-12/h8-9H,6-7H2,1-5H3,(H,15,16,17). The Hall–Kier alpha value is -0.430. The first kappa shape index (κ1) is 15.6. The summed E-state index contributed by atoms with van der Waals surface area (Å²) < 4.78 is 6.79. The summed E-state index contributed by atoms with van der Waals surface area (Å²) in [6, 6.07) is 0. The van der Waals surface area contributed by atoms with E-state index in [4.69, 9.17) is 4.74 Å². The monoisotopic (exact) mass is 363 g/mol. The van der Waals surface area contributed by atoms with Gasteiger partial charge in [0.2, 0.25) is 0 Å². The van der Waals surface area contributed by atoms with Crippen LogP contribution < -0.4 is 5.32 Å². The average Bonchev–Trinajstić information content (AvgIpc) is 2.36. The molecule has 4 nitrogen and oxygen atoms in total. The van der Waals surface area contributed by atoms with Gasteiger partial charge >= 0.3 is 0 Å². The summed E-state index contributed by atoms with van der Waals surface area (Å²) in [5.41, 5.74) is 1.09. The second-order valence-electron chi connectivity index (χ2n) is 4.39. The minimum Gasteiger partial charge on any atom is -0.372 e. The van der Waals surface area contributed by atoms with Crippen LogP contribution in [0.2, 0.25) is 0 Å². The summed E-state index contributed by atoms with van der Waals surface area (Å²) in [5.74, 6) is 2.06. The molecule has 0 amide bonds. The van der Waals surface area contributed by atoms with Gasteiger partial charge in [-0.05, 0) is 41.9 Å². The van der Waals surface area contributed by atoms with Gasteiger partial charge in [0.1, 0.15) is 11.9 Å². The predicted octanol–water partition coefficient (Wildman–Crippen LogP) is 3.73. The van der Waals surface area contributed by atoms with Gasteiger partial charge in [0.25, 0.3) is 0 Å². The summed E-state index contributed by atoms with van der Waals surface area (Å²) in [6.07, 6.45) is 0.867. The Morgan fingerprint density at radius 3 is 2.39 bits per heavy atom. The van der Waals surface area contributed by atoms with E-state index in [-0.39, 0.29) is 6.10 Å². The van der Waals surface area contributed by atoms with Crippen LogP contribution in [0, 0.1) is 3.57 Å². The number of hydrogen-bond acceptors (Lipinski definition) is 4. The maximum absolute atomic E-state index is 5.70. The first-order valence-corrected chi connectivity index (χ1v) is 7.49. The van der Waals surface area contributed by atoms with Crippen molar-refractivity contribution in [2.24, 2.45) is 0 Å². The Balaban J connectivity index is 3.23. The Morgan fingerprint density at radius 1 is 1.28 bits per heavy atom. The fourth-order valence-electron chi connectivity index (χ4n) is 1.75. The van der Waals surface area contributed by atoms with Crippen LogP contribution in [0.25, 0.3) is 0 Å². The number of ether oxygens (including phenoxy) is 1. The van der Waals surface area contributed by atoms with Crippen LogP contribution in [0.15, 0.2) is 0 Å². The van der Waals surface area contributed by atoms with Crippen LogP contribution in [-0.4, -0.2) is 23.6 Å². The molecule has 1 N–H and O–H groups in total. The lowest BCUT2D eigenvalue weighted by atomic mass is 10.1. The van der Waals surface area contributed by atoms with E-state index in [0.717, 1.165) is 27.3 Å². The summed E-state index contributed by atoms with van der Waals surface area (Å²) >= 11 is 2.30. The molecule has 0 aliphatic rings. The quantitative estimate of drug-likeness (QED) is 0.783. The third kappa shape index (κ3) is 3.54. The number of nitrogens with zero attached hydrogens (tertiary/aromatic N) is 2. The second kappa shape index (κ2) is 7.23. The minimum atomic E-state index is -0.0170.